The highest BCUT2D eigenvalue weighted by Crippen LogP contribution is 2.95. The number of methoxy groups -OCH3 is 2. The smallest absolute Gasteiger partial charge is 0.313 e. The van der Waals surface area contributed by atoms with E-state index in [9.17, 15) is 19.8 Å². The number of carbonyl (C=O) groups is 2. The van der Waals surface area contributed by atoms with Crippen LogP contribution in [0, 0.1) is 46.3 Å². The molecule has 6 aliphatic rings. The second-order valence-corrected chi connectivity index (χ2v) is 24.7. The minimum atomic E-state index is -1.45. The Morgan fingerprint density at radius 1 is 0.750 bits per heavy atom. The van der Waals surface area contributed by atoms with Crippen LogP contribution in [-0.4, -0.2) is 63.7 Å². The molecule has 6 fully saturated rings. The molecule has 0 aliphatic heterocycles. The molecule has 0 unspecified atom stereocenters. The van der Waals surface area contributed by atoms with Crippen LogP contribution in [0.3, 0.4) is 0 Å². The number of esters is 2. The molecule has 0 radical (unpaired) electrons. The summed E-state index contributed by atoms with van der Waals surface area (Å²) in [5.74, 6) is -1.80. The average Bonchev–Trinajstić information content (AvgIpc) is 3.50. The lowest BCUT2D eigenvalue weighted by molar-refractivity contribution is -0.230. The number of rotatable bonds is 8. The second kappa shape index (κ2) is 7.67. The lowest BCUT2D eigenvalue weighted by Crippen LogP contribution is -2.69. The van der Waals surface area contributed by atoms with E-state index in [1.54, 1.807) is 0 Å². The van der Waals surface area contributed by atoms with Crippen LogP contribution in [0.15, 0.2) is 23.6 Å². The van der Waals surface area contributed by atoms with Gasteiger partial charge in [0.2, 0.25) is 0 Å². The zero-order chi connectivity index (χ0) is 26.7. The van der Waals surface area contributed by atoms with Crippen molar-refractivity contribution in [2.45, 2.75) is 76.2 Å². The van der Waals surface area contributed by atoms with Crippen LogP contribution >= 0.6 is 0 Å². The van der Waals surface area contributed by atoms with Gasteiger partial charge < -0.3 is 19.7 Å². The summed E-state index contributed by atoms with van der Waals surface area (Å²) in [4.78, 5) is 27.7. The lowest BCUT2D eigenvalue weighted by Gasteiger charge is -2.58. The van der Waals surface area contributed by atoms with Crippen LogP contribution in [0.4, 0.5) is 0 Å². The molecule has 6 aliphatic carbocycles. The van der Waals surface area contributed by atoms with Crippen LogP contribution in [0.2, 0.25) is 39.3 Å². The van der Waals surface area contributed by atoms with Crippen molar-refractivity contribution >= 4 is 28.1 Å². The van der Waals surface area contributed by atoms with Crippen LogP contribution in [-0.2, 0) is 19.1 Å². The van der Waals surface area contributed by atoms with Crippen molar-refractivity contribution < 1.29 is 29.3 Å². The Bertz CT molecular complexity index is 960. The van der Waals surface area contributed by atoms with Gasteiger partial charge in [-0.25, -0.2) is 0 Å². The van der Waals surface area contributed by atoms with Crippen LogP contribution < -0.4 is 0 Å². The summed E-state index contributed by atoms with van der Waals surface area (Å²) in [6, 6.07) is 0. The average molecular weight is 533 g/mol. The van der Waals surface area contributed by atoms with Gasteiger partial charge in [0.1, 0.15) is 0 Å². The van der Waals surface area contributed by atoms with E-state index in [0.29, 0.717) is 25.7 Å². The topological polar surface area (TPSA) is 93.1 Å². The molecule has 6 nitrogen and oxygen atoms in total. The summed E-state index contributed by atoms with van der Waals surface area (Å²) >= 11 is 0. The van der Waals surface area contributed by atoms with E-state index in [1.165, 1.54) is 14.2 Å². The van der Waals surface area contributed by atoms with Crippen LogP contribution in [0.25, 0.3) is 0 Å². The molecular formula is C28H44O6Si2. The Hall–Kier alpha value is -1.23. The van der Waals surface area contributed by atoms with Crippen LogP contribution in [0.1, 0.15) is 25.7 Å². The lowest BCUT2D eigenvalue weighted by atomic mass is 9.44. The van der Waals surface area contributed by atoms with Crippen molar-refractivity contribution in [1.82, 2.24) is 0 Å². The maximum atomic E-state index is 13.9. The van der Waals surface area contributed by atoms with Gasteiger partial charge in [-0.2, -0.15) is 0 Å². The first-order valence-corrected chi connectivity index (χ1v) is 20.7. The van der Waals surface area contributed by atoms with E-state index < -0.39 is 50.1 Å². The molecule has 0 aromatic heterocycles. The van der Waals surface area contributed by atoms with Crippen molar-refractivity contribution in [3.8, 4) is 0 Å². The first-order chi connectivity index (χ1) is 16.5. The number of ether oxygens (including phenoxy) is 2. The van der Waals surface area contributed by atoms with Crippen molar-refractivity contribution in [1.29, 1.82) is 0 Å². The summed E-state index contributed by atoms with van der Waals surface area (Å²) in [6.07, 6.45) is 6.10. The quantitative estimate of drug-likeness (QED) is 0.363. The van der Waals surface area contributed by atoms with E-state index in [-0.39, 0.29) is 35.5 Å². The normalized spacial score (nSPS) is 48.2. The number of hydrogen-bond acceptors (Lipinski definition) is 6. The number of carbonyl (C=O) groups excluding carboxylic acids is 2. The largest absolute Gasteiger partial charge is 0.469 e. The molecule has 36 heavy (non-hydrogen) atoms. The Balaban J connectivity index is 1.60. The third-order valence-electron chi connectivity index (χ3n) is 10.5. The SMILES string of the molecule is COC(=O)[C@@]12[C@@H]3C[C@@](O)(C/C=C/[Si](C)(C)C)[C@@H]4[C@H]3[C@@H]3[C@@H]1[C@@](O)(C/C=C/[Si](C)(C)C)C[C@@H]3[C@]42C(=O)OC. The first kappa shape index (κ1) is 26.4. The highest BCUT2D eigenvalue weighted by atomic mass is 28.3. The molecule has 2 N–H and O–H groups in total. The Morgan fingerprint density at radius 2 is 1.08 bits per heavy atom. The standard InChI is InChI=1S/C28H44O6Si2/c1-33-23(29)27-17-15-26(32,12-10-14-36(6,7)8)22-19(17)20-18(28(22,27)24(30)34-2)16-25(31,21(20)27)11-9-13-35(3,4)5/h9-10,13-14,17-22,31-32H,11-12,15-16H2,1-8H3/b13-9+,14-10+/t17-,18+,19-,20-,21-,22+,25-,26+,27-,28-/m1/s1. The minimum absolute atomic E-state index is 0.0264. The number of aliphatic hydroxyl groups is 2. The minimum Gasteiger partial charge on any atom is -0.469 e. The van der Waals surface area contributed by atoms with E-state index in [0.717, 1.165) is 0 Å². The summed E-state index contributed by atoms with van der Waals surface area (Å²) in [7, 11) is -0.113. The molecule has 0 amide bonds. The molecule has 0 spiro atoms. The summed E-state index contributed by atoms with van der Waals surface area (Å²) < 4.78 is 10.9. The molecule has 8 heteroatoms. The second-order valence-electron chi connectivity index (χ2n) is 14.6. The Labute approximate surface area is 217 Å². The zero-order valence-corrected chi connectivity index (χ0v) is 25.1. The highest BCUT2D eigenvalue weighted by molar-refractivity contribution is 6.81. The molecule has 0 heterocycles. The molecule has 200 valence electrons. The fourth-order valence-corrected chi connectivity index (χ4v) is 12.0. The molecule has 10 atom stereocenters. The predicted octanol–water partition coefficient (Wildman–Crippen LogP) is 3.96. The van der Waals surface area contributed by atoms with Gasteiger partial charge >= 0.3 is 11.9 Å². The van der Waals surface area contributed by atoms with E-state index in [2.05, 4.69) is 62.8 Å². The zero-order valence-electron chi connectivity index (χ0n) is 23.1. The fraction of sp³-hybridized carbons (Fsp3) is 0.786. The van der Waals surface area contributed by atoms with Gasteiger partial charge in [0.25, 0.3) is 0 Å². The summed E-state index contributed by atoms with van der Waals surface area (Å²) in [6.45, 7) is 13.5. The Morgan fingerprint density at radius 3 is 1.36 bits per heavy atom. The van der Waals surface area contributed by atoms with Crippen molar-refractivity contribution in [2.24, 2.45) is 46.3 Å². The van der Waals surface area contributed by atoms with Crippen molar-refractivity contribution in [3.63, 3.8) is 0 Å². The summed E-state index contributed by atoms with van der Waals surface area (Å²) in [5, 5.41) is 24.2. The molecule has 0 aromatic rings. The van der Waals surface area contributed by atoms with Gasteiger partial charge in [0, 0.05) is 11.8 Å². The molecule has 0 saturated heterocycles. The third kappa shape index (κ3) is 2.96. The maximum Gasteiger partial charge on any atom is 0.313 e. The van der Waals surface area contributed by atoms with E-state index in [1.807, 2.05) is 0 Å². The Kier molecular flexibility index (Phi) is 5.62. The monoisotopic (exact) mass is 532 g/mol. The van der Waals surface area contributed by atoms with Crippen molar-refractivity contribution in [3.05, 3.63) is 23.6 Å². The van der Waals surface area contributed by atoms with Gasteiger partial charge in [0.05, 0.1) is 52.4 Å². The summed E-state index contributed by atoms with van der Waals surface area (Å²) in [5.41, 5.74) is 0.125. The molecular weight excluding hydrogens is 488 g/mol. The third-order valence-corrected chi connectivity index (χ3v) is 13.0. The van der Waals surface area contributed by atoms with Gasteiger partial charge in [-0.1, -0.05) is 62.8 Å². The first-order valence-electron chi connectivity index (χ1n) is 13.5. The van der Waals surface area contributed by atoms with Gasteiger partial charge in [-0.3, -0.25) is 9.59 Å². The van der Waals surface area contributed by atoms with Crippen molar-refractivity contribution in [2.75, 3.05) is 14.2 Å². The molecule has 6 saturated carbocycles. The predicted molar refractivity (Wildman–Crippen MR) is 143 cm³/mol. The maximum absolute atomic E-state index is 13.9. The van der Waals surface area contributed by atoms with Gasteiger partial charge in [-0.05, 0) is 49.4 Å². The van der Waals surface area contributed by atoms with E-state index >= 15 is 0 Å². The molecule has 0 aromatic carbocycles. The van der Waals surface area contributed by atoms with E-state index in [4.69, 9.17) is 9.47 Å². The molecule has 6 rings (SSSR count). The number of hydrogen-bond donors (Lipinski definition) is 2. The van der Waals surface area contributed by atoms with Gasteiger partial charge in [0.15, 0.2) is 0 Å². The van der Waals surface area contributed by atoms with Crippen LogP contribution in [0.5, 0.6) is 0 Å². The molecule has 8 bridgehead atoms. The van der Waals surface area contributed by atoms with Gasteiger partial charge in [-0.15, -0.1) is 0 Å². The highest BCUT2D eigenvalue weighted by Gasteiger charge is 3.01. The fourth-order valence-electron chi connectivity index (χ4n) is 10.3.